The van der Waals surface area contributed by atoms with Crippen molar-refractivity contribution in [2.75, 3.05) is 11.9 Å². The Bertz CT molecular complexity index is 807. The Morgan fingerprint density at radius 1 is 1.19 bits per heavy atom. The molecule has 0 spiro atoms. The van der Waals surface area contributed by atoms with Gasteiger partial charge in [0.1, 0.15) is 11.0 Å². The first kappa shape index (κ1) is 18.0. The maximum atomic E-state index is 12.1. The molecule has 1 aliphatic rings. The number of carbonyl (C=O) groups excluding carboxylic acids is 2. The first-order chi connectivity index (χ1) is 12.6. The maximum Gasteiger partial charge on any atom is 0.240 e. The summed E-state index contributed by atoms with van der Waals surface area (Å²) in [6, 6.07) is 16.5. The molecular weight excluding hydrogens is 350 g/mol. The van der Waals surface area contributed by atoms with Crippen molar-refractivity contribution in [1.29, 1.82) is 0 Å². The number of thioether (sulfide) groups is 1. The van der Waals surface area contributed by atoms with Gasteiger partial charge in [0.15, 0.2) is 5.17 Å². The molecule has 2 N–H and O–H groups in total. The monoisotopic (exact) mass is 369 g/mol. The van der Waals surface area contributed by atoms with Crippen LogP contribution in [-0.4, -0.2) is 28.8 Å². The molecule has 6 nitrogen and oxygen atoms in total. The Kier molecular flexibility index (Phi) is 5.91. The first-order valence-electron chi connectivity index (χ1n) is 8.28. The van der Waals surface area contributed by atoms with Gasteiger partial charge in [-0.2, -0.15) is 0 Å². The molecule has 1 fully saturated rings. The standard InChI is InChI=1S/C19H19N3O3S/c1-2-25-15-10-8-14(9-11-15)21-19-22-18(24)16(26-19)12-17(23)20-13-6-4-3-5-7-13/h3-11,16H,2,12H2,1H3,(H,20,23)(H,21,22,24)/t16-/m0/s1. The van der Waals surface area contributed by atoms with Crippen LogP contribution in [0.1, 0.15) is 13.3 Å². The van der Waals surface area contributed by atoms with E-state index in [0.717, 1.165) is 5.75 Å². The summed E-state index contributed by atoms with van der Waals surface area (Å²) in [5, 5.41) is 5.52. The molecule has 0 saturated carbocycles. The van der Waals surface area contributed by atoms with Gasteiger partial charge in [-0.15, -0.1) is 0 Å². The van der Waals surface area contributed by atoms with Crippen LogP contribution >= 0.6 is 11.8 Å². The number of para-hydroxylation sites is 1. The van der Waals surface area contributed by atoms with Crippen LogP contribution in [0.5, 0.6) is 5.75 Å². The SMILES string of the molecule is CCOc1ccc(N=C2NC(=O)[C@H](CC(=O)Nc3ccccc3)S2)cc1. The second-order valence-corrected chi connectivity index (χ2v) is 6.75. The van der Waals surface area contributed by atoms with Crippen molar-refractivity contribution >= 4 is 40.1 Å². The summed E-state index contributed by atoms with van der Waals surface area (Å²) in [6.07, 6.45) is 0.0910. The van der Waals surface area contributed by atoms with Crippen LogP contribution < -0.4 is 15.4 Å². The number of hydrogen-bond acceptors (Lipinski definition) is 5. The Morgan fingerprint density at radius 3 is 2.62 bits per heavy atom. The van der Waals surface area contributed by atoms with Crippen molar-refractivity contribution < 1.29 is 14.3 Å². The highest BCUT2D eigenvalue weighted by Gasteiger charge is 2.32. The summed E-state index contributed by atoms with van der Waals surface area (Å²) < 4.78 is 5.39. The topological polar surface area (TPSA) is 79.8 Å². The molecule has 1 heterocycles. The minimum Gasteiger partial charge on any atom is -0.494 e. The second kappa shape index (κ2) is 8.53. The van der Waals surface area contributed by atoms with E-state index in [0.29, 0.717) is 23.1 Å². The number of nitrogens with one attached hydrogen (secondary N) is 2. The molecule has 134 valence electrons. The van der Waals surface area contributed by atoms with Gasteiger partial charge in [-0.25, -0.2) is 4.99 Å². The molecule has 2 aromatic carbocycles. The van der Waals surface area contributed by atoms with Crippen LogP contribution in [0.2, 0.25) is 0 Å². The number of rotatable bonds is 6. The van der Waals surface area contributed by atoms with Crippen LogP contribution in [0.4, 0.5) is 11.4 Å². The second-order valence-electron chi connectivity index (χ2n) is 5.56. The Balaban J connectivity index is 1.58. The van der Waals surface area contributed by atoms with Gasteiger partial charge in [-0.3, -0.25) is 9.59 Å². The number of ether oxygens (including phenoxy) is 1. The van der Waals surface area contributed by atoms with Crippen LogP contribution in [0, 0.1) is 0 Å². The Labute approximate surface area is 156 Å². The van der Waals surface area contributed by atoms with Gasteiger partial charge < -0.3 is 15.4 Å². The summed E-state index contributed by atoms with van der Waals surface area (Å²) in [5.41, 5.74) is 1.43. The third kappa shape index (κ3) is 4.86. The molecule has 3 rings (SSSR count). The largest absolute Gasteiger partial charge is 0.494 e. The van der Waals surface area contributed by atoms with E-state index < -0.39 is 5.25 Å². The van der Waals surface area contributed by atoms with Crippen molar-refractivity contribution in [3.8, 4) is 5.75 Å². The zero-order chi connectivity index (χ0) is 18.4. The lowest BCUT2D eigenvalue weighted by Gasteiger charge is -2.07. The van der Waals surface area contributed by atoms with Crippen molar-refractivity contribution in [3.05, 3.63) is 54.6 Å². The fourth-order valence-electron chi connectivity index (χ4n) is 2.39. The smallest absolute Gasteiger partial charge is 0.240 e. The number of nitrogens with zero attached hydrogens (tertiary/aromatic N) is 1. The average molecular weight is 369 g/mol. The molecule has 7 heteroatoms. The van der Waals surface area contributed by atoms with Crippen LogP contribution in [0.15, 0.2) is 59.6 Å². The minimum atomic E-state index is -0.486. The van der Waals surface area contributed by atoms with Gasteiger partial charge in [-0.1, -0.05) is 30.0 Å². The van der Waals surface area contributed by atoms with Crippen molar-refractivity contribution in [3.63, 3.8) is 0 Å². The Hall–Kier alpha value is -2.80. The molecule has 0 aromatic heterocycles. The summed E-state index contributed by atoms with van der Waals surface area (Å²) in [6.45, 7) is 2.53. The first-order valence-corrected chi connectivity index (χ1v) is 9.16. The average Bonchev–Trinajstić information content (AvgIpc) is 2.96. The molecule has 2 amide bonds. The van der Waals surface area contributed by atoms with Gasteiger partial charge in [0.2, 0.25) is 11.8 Å². The number of amides is 2. The summed E-state index contributed by atoms with van der Waals surface area (Å²) in [7, 11) is 0. The number of aliphatic imine (C=N–C) groups is 1. The predicted molar refractivity (Wildman–Crippen MR) is 104 cm³/mol. The van der Waals surface area contributed by atoms with E-state index >= 15 is 0 Å². The summed E-state index contributed by atoms with van der Waals surface area (Å²) >= 11 is 1.26. The number of carbonyl (C=O) groups is 2. The van der Waals surface area contributed by atoms with E-state index in [4.69, 9.17) is 4.74 Å². The lowest BCUT2D eigenvalue weighted by molar-refractivity contribution is -0.122. The van der Waals surface area contributed by atoms with Crippen molar-refractivity contribution in [1.82, 2.24) is 5.32 Å². The molecule has 0 aliphatic carbocycles. The van der Waals surface area contributed by atoms with E-state index in [1.54, 1.807) is 12.1 Å². The van der Waals surface area contributed by atoms with Crippen LogP contribution in [0.3, 0.4) is 0 Å². The van der Waals surface area contributed by atoms with Gasteiger partial charge in [0.25, 0.3) is 0 Å². The van der Waals surface area contributed by atoms with E-state index in [-0.39, 0.29) is 18.2 Å². The third-order valence-electron chi connectivity index (χ3n) is 3.58. The van der Waals surface area contributed by atoms with Gasteiger partial charge in [0.05, 0.1) is 12.3 Å². The molecule has 1 aliphatic heterocycles. The molecule has 0 unspecified atom stereocenters. The molecular formula is C19H19N3O3S. The zero-order valence-corrected chi connectivity index (χ0v) is 15.1. The van der Waals surface area contributed by atoms with E-state index in [9.17, 15) is 9.59 Å². The van der Waals surface area contributed by atoms with Gasteiger partial charge >= 0.3 is 0 Å². The summed E-state index contributed by atoms with van der Waals surface area (Å²) in [4.78, 5) is 28.6. The summed E-state index contributed by atoms with van der Waals surface area (Å²) in [5.74, 6) is 0.365. The lowest BCUT2D eigenvalue weighted by Crippen LogP contribution is -2.28. The van der Waals surface area contributed by atoms with Crippen LogP contribution in [-0.2, 0) is 9.59 Å². The van der Waals surface area contributed by atoms with Crippen molar-refractivity contribution in [2.24, 2.45) is 4.99 Å². The molecule has 26 heavy (non-hydrogen) atoms. The highest BCUT2D eigenvalue weighted by atomic mass is 32.2. The molecule has 0 bridgehead atoms. The van der Waals surface area contributed by atoms with Gasteiger partial charge in [0, 0.05) is 12.1 Å². The molecule has 1 saturated heterocycles. The Morgan fingerprint density at radius 2 is 1.92 bits per heavy atom. The molecule has 0 radical (unpaired) electrons. The predicted octanol–water partition coefficient (Wildman–Crippen LogP) is 3.33. The number of hydrogen-bond donors (Lipinski definition) is 2. The highest BCUT2D eigenvalue weighted by molar-refractivity contribution is 8.15. The van der Waals surface area contributed by atoms with Crippen molar-refractivity contribution in [2.45, 2.75) is 18.6 Å². The number of anilines is 1. The van der Waals surface area contributed by atoms with Gasteiger partial charge in [-0.05, 0) is 43.3 Å². The fraction of sp³-hybridized carbons (Fsp3) is 0.211. The van der Waals surface area contributed by atoms with E-state index in [2.05, 4.69) is 15.6 Å². The maximum absolute atomic E-state index is 12.1. The van der Waals surface area contributed by atoms with E-state index in [1.807, 2.05) is 49.4 Å². The highest BCUT2D eigenvalue weighted by Crippen LogP contribution is 2.26. The zero-order valence-electron chi connectivity index (χ0n) is 14.3. The number of benzene rings is 2. The van der Waals surface area contributed by atoms with E-state index in [1.165, 1.54) is 11.8 Å². The number of amidine groups is 1. The molecule has 1 atom stereocenters. The fourth-order valence-corrected chi connectivity index (χ4v) is 3.38. The quantitative estimate of drug-likeness (QED) is 0.818. The minimum absolute atomic E-state index is 0.0910. The normalized spacial score (nSPS) is 17.8. The molecule has 2 aromatic rings. The van der Waals surface area contributed by atoms with Crippen LogP contribution in [0.25, 0.3) is 0 Å². The third-order valence-corrected chi connectivity index (χ3v) is 4.67. The lowest BCUT2D eigenvalue weighted by atomic mass is 10.2.